The zero-order chi connectivity index (χ0) is 13.0. The van der Waals surface area contributed by atoms with Gasteiger partial charge in [-0.3, -0.25) is 4.90 Å². The monoisotopic (exact) mass is 287 g/mol. The lowest BCUT2D eigenvalue weighted by Crippen LogP contribution is -2.29. The van der Waals surface area contributed by atoms with Crippen molar-refractivity contribution in [3.63, 3.8) is 0 Å². The van der Waals surface area contributed by atoms with Crippen LogP contribution in [-0.4, -0.2) is 26.4 Å². The molecule has 1 aromatic rings. The largest absolute Gasteiger partial charge is 0.299 e. The molecular weight excluding hydrogens is 270 g/mol. The molecule has 1 saturated heterocycles. The fourth-order valence-electron chi connectivity index (χ4n) is 2.40. The molecule has 1 aliphatic rings. The van der Waals surface area contributed by atoms with Crippen LogP contribution in [0.25, 0.3) is 0 Å². The second kappa shape index (κ2) is 6.04. The maximum atomic E-state index is 11.2. The van der Waals surface area contributed by atoms with Crippen LogP contribution in [0.5, 0.6) is 0 Å². The van der Waals surface area contributed by atoms with Gasteiger partial charge in [-0.1, -0.05) is 30.7 Å². The van der Waals surface area contributed by atoms with Crippen molar-refractivity contribution in [2.24, 2.45) is 0 Å². The molecule has 0 N–H and O–H groups in total. The van der Waals surface area contributed by atoms with Crippen LogP contribution in [0.2, 0.25) is 0 Å². The lowest BCUT2D eigenvalue weighted by Gasteiger charge is -2.27. The molecular formula is C13H18ClNO2S. The molecule has 100 valence electrons. The van der Waals surface area contributed by atoms with Crippen molar-refractivity contribution in [3.05, 3.63) is 35.4 Å². The highest BCUT2D eigenvalue weighted by molar-refractivity contribution is 8.13. The molecule has 5 heteroatoms. The minimum Gasteiger partial charge on any atom is -0.299 e. The molecule has 0 amide bonds. The third-order valence-corrected chi connectivity index (χ3v) is 4.27. The topological polar surface area (TPSA) is 37.4 Å². The molecule has 0 atom stereocenters. The van der Waals surface area contributed by atoms with Crippen molar-refractivity contribution in [1.29, 1.82) is 0 Å². The number of nitrogens with zero attached hydrogens (tertiary/aromatic N) is 1. The molecule has 2 rings (SSSR count). The van der Waals surface area contributed by atoms with E-state index in [4.69, 9.17) is 10.7 Å². The quantitative estimate of drug-likeness (QED) is 0.799. The third kappa shape index (κ3) is 4.26. The average molecular weight is 288 g/mol. The Balaban J connectivity index is 2.11. The molecule has 0 aliphatic carbocycles. The maximum Gasteiger partial charge on any atom is 0.236 e. The van der Waals surface area contributed by atoms with E-state index in [0.717, 1.165) is 30.8 Å². The normalized spacial score (nSPS) is 17.8. The van der Waals surface area contributed by atoms with Crippen LogP contribution in [0.1, 0.15) is 30.4 Å². The number of halogens is 1. The zero-order valence-corrected chi connectivity index (χ0v) is 11.9. The van der Waals surface area contributed by atoms with Crippen molar-refractivity contribution in [2.75, 3.05) is 13.1 Å². The van der Waals surface area contributed by atoms with Crippen LogP contribution in [0.15, 0.2) is 24.3 Å². The fourth-order valence-corrected chi connectivity index (χ4v) is 3.40. The minimum absolute atomic E-state index is 0.0848. The van der Waals surface area contributed by atoms with Crippen molar-refractivity contribution in [2.45, 2.75) is 31.6 Å². The van der Waals surface area contributed by atoms with Gasteiger partial charge in [-0.05, 0) is 37.1 Å². The van der Waals surface area contributed by atoms with E-state index in [1.54, 1.807) is 0 Å². The highest BCUT2D eigenvalue weighted by Crippen LogP contribution is 2.19. The summed E-state index contributed by atoms with van der Waals surface area (Å²) in [6.45, 7) is 3.02. The van der Waals surface area contributed by atoms with E-state index in [1.165, 1.54) is 19.3 Å². The van der Waals surface area contributed by atoms with Crippen LogP contribution in [0, 0.1) is 0 Å². The number of piperidine rings is 1. The van der Waals surface area contributed by atoms with Crippen molar-refractivity contribution >= 4 is 19.7 Å². The predicted octanol–water partition coefficient (Wildman–Crippen LogP) is 2.74. The van der Waals surface area contributed by atoms with Gasteiger partial charge in [0, 0.05) is 17.2 Å². The van der Waals surface area contributed by atoms with Gasteiger partial charge in [-0.25, -0.2) is 8.42 Å². The zero-order valence-electron chi connectivity index (χ0n) is 10.3. The molecule has 1 aromatic carbocycles. The summed E-state index contributed by atoms with van der Waals surface area (Å²) in [4.78, 5) is 2.38. The van der Waals surface area contributed by atoms with E-state index >= 15 is 0 Å². The molecule has 18 heavy (non-hydrogen) atoms. The van der Waals surface area contributed by atoms with Crippen LogP contribution in [0.3, 0.4) is 0 Å². The van der Waals surface area contributed by atoms with Gasteiger partial charge in [0.2, 0.25) is 9.05 Å². The number of rotatable bonds is 4. The third-order valence-electron chi connectivity index (χ3n) is 3.29. The highest BCUT2D eigenvalue weighted by atomic mass is 35.7. The Labute approximate surface area is 113 Å². The summed E-state index contributed by atoms with van der Waals surface area (Å²) in [6, 6.07) is 7.64. The van der Waals surface area contributed by atoms with Crippen molar-refractivity contribution in [1.82, 2.24) is 4.90 Å². The molecule has 1 aliphatic heterocycles. The summed E-state index contributed by atoms with van der Waals surface area (Å²) in [5.41, 5.74) is 1.89. The standard InChI is InChI=1S/C13H18ClNO2S/c14-18(16,17)11-13-7-3-2-6-12(13)10-15-8-4-1-5-9-15/h2-3,6-7H,1,4-5,8-11H2. The first-order chi connectivity index (χ1) is 8.54. The average Bonchev–Trinajstić information content (AvgIpc) is 2.31. The Morgan fingerprint density at radius 2 is 1.67 bits per heavy atom. The summed E-state index contributed by atoms with van der Waals surface area (Å²) in [6.07, 6.45) is 3.76. The van der Waals surface area contributed by atoms with E-state index < -0.39 is 9.05 Å². The highest BCUT2D eigenvalue weighted by Gasteiger charge is 2.15. The number of benzene rings is 1. The first kappa shape index (κ1) is 13.8. The Morgan fingerprint density at radius 1 is 1.06 bits per heavy atom. The van der Waals surface area contributed by atoms with Gasteiger partial charge >= 0.3 is 0 Å². The van der Waals surface area contributed by atoms with E-state index in [9.17, 15) is 8.42 Å². The Hall–Kier alpha value is -0.580. The predicted molar refractivity (Wildman–Crippen MR) is 74.0 cm³/mol. The second-order valence-electron chi connectivity index (χ2n) is 4.79. The van der Waals surface area contributed by atoms with E-state index in [2.05, 4.69) is 4.90 Å². The molecule has 0 unspecified atom stereocenters. The SMILES string of the molecule is O=S(=O)(Cl)Cc1ccccc1CN1CCCCC1. The summed E-state index contributed by atoms with van der Waals surface area (Å²) < 4.78 is 22.4. The van der Waals surface area contributed by atoms with Crippen molar-refractivity contribution in [3.8, 4) is 0 Å². The number of hydrogen-bond donors (Lipinski definition) is 0. The Kier molecular flexibility index (Phi) is 4.65. The summed E-state index contributed by atoms with van der Waals surface area (Å²) in [5.74, 6) is -0.0848. The molecule has 0 saturated carbocycles. The molecule has 0 aromatic heterocycles. The van der Waals surface area contributed by atoms with E-state index in [-0.39, 0.29) is 5.75 Å². The van der Waals surface area contributed by atoms with Crippen molar-refractivity contribution < 1.29 is 8.42 Å². The lowest BCUT2D eigenvalue weighted by molar-refractivity contribution is 0.220. The van der Waals surface area contributed by atoms with Crippen LogP contribution in [0.4, 0.5) is 0 Å². The van der Waals surface area contributed by atoms with Gasteiger partial charge in [0.15, 0.2) is 0 Å². The van der Waals surface area contributed by atoms with Crippen LogP contribution in [-0.2, 0) is 21.3 Å². The minimum atomic E-state index is -3.49. The molecule has 0 radical (unpaired) electrons. The van der Waals surface area contributed by atoms with Crippen LogP contribution >= 0.6 is 10.7 Å². The molecule has 0 spiro atoms. The summed E-state index contributed by atoms with van der Waals surface area (Å²) >= 11 is 0. The lowest BCUT2D eigenvalue weighted by atomic mass is 10.1. The smallest absolute Gasteiger partial charge is 0.236 e. The van der Waals surface area contributed by atoms with E-state index in [0.29, 0.717) is 0 Å². The first-order valence-corrected chi connectivity index (χ1v) is 8.74. The molecule has 0 bridgehead atoms. The van der Waals surface area contributed by atoms with Gasteiger partial charge in [-0.15, -0.1) is 0 Å². The fraction of sp³-hybridized carbons (Fsp3) is 0.538. The van der Waals surface area contributed by atoms with Gasteiger partial charge in [0.25, 0.3) is 0 Å². The van der Waals surface area contributed by atoms with Gasteiger partial charge < -0.3 is 0 Å². The Morgan fingerprint density at radius 3 is 2.28 bits per heavy atom. The van der Waals surface area contributed by atoms with Gasteiger partial charge in [0.1, 0.15) is 0 Å². The first-order valence-electron chi connectivity index (χ1n) is 6.26. The number of hydrogen-bond acceptors (Lipinski definition) is 3. The Bertz CT molecular complexity index is 495. The maximum absolute atomic E-state index is 11.2. The van der Waals surface area contributed by atoms with Crippen LogP contribution < -0.4 is 0 Å². The molecule has 1 fully saturated rings. The second-order valence-corrected chi connectivity index (χ2v) is 7.57. The summed E-state index contributed by atoms with van der Waals surface area (Å²) in [7, 11) is 1.85. The summed E-state index contributed by atoms with van der Waals surface area (Å²) in [5, 5.41) is 0. The molecule has 3 nitrogen and oxygen atoms in total. The van der Waals surface area contributed by atoms with Gasteiger partial charge in [-0.2, -0.15) is 0 Å². The number of likely N-dealkylation sites (tertiary alicyclic amines) is 1. The van der Waals surface area contributed by atoms with Gasteiger partial charge in [0.05, 0.1) is 5.75 Å². The molecule has 1 heterocycles. The van der Waals surface area contributed by atoms with E-state index in [1.807, 2.05) is 24.3 Å².